The maximum Gasteiger partial charge on any atom is 0.266 e. The van der Waals surface area contributed by atoms with Gasteiger partial charge in [-0.15, -0.1) is 0 Å². The van der Waals surface area contributed by atoms with Crippen LogP contribution in [-0.2, 0) is 0 Å². The van der Waals surface area contributed by atoms with E-state index in [0.29, 0.717) is 21.9 Å². The van der Waals surface area contributed by atoms with Crippen molar-refractivity contribution in [2.45, 2.75) is 0 Å². The third kappa shape index (κ3) is 4.56. The molecule has 32 heavy (non-hydrogen) atoms. The van der Waals surface area contributed by atoms with Gasteiger partial charge in [-0.05, 0) is 60.7 Å². The van der Waals surface area contributed by atoms with Crippen molar-refractivity contribution in [2.75, 3.05) is 13.2 Å². The highest BCUT2D eigenvalue weighted by molar-refractivity contribution is 7.71. The molecule has 9 heteroatoms. The Morgan fingerprint density at radius 1 is 1.12 bits per heavy atom. The molecule has 0 aliphatic carbocycles. The second kappa shape index (κ2) is 9.33. The summed E-state index contributed by atoms with van der Waals surface area (Å²) in [6.45, 7) is 0.531. The fourth-order valence-electron chi connectivity index (χ4n) is 3.20. The number of ether oxygens (including phenoxy) is 1. The van der Waals surface area contributed by atoms with Gasteiger partial charge in [0.05, 0.1) is 23.1 Å². The van der Waals surface area contributed by atoms with E-state index in [1.54, 1.807) is 30.3 Å². The number of H-pyrrole nitrogens is 1. The Labute approximate surface area is 192 Å². The van der Waals surface area contributed by atoms with E-state index in [-0.39, 0.29) is 34.9 Å². The summed E-state index contributed by atoms with van der Waals surface area (Å²) < 4.78 is 20.9. The monoisotopic (exact) mass is 469 g/mol. The first kappa shape index (κ1) is 21.7. The van der Waals surface area contributed by atoms with Gasteiger partial charge in [0, 0.05) is 10.6 Å². The number of para-hydroxylation sites is 1. The number of carbonyl (C=O) groups excluding carboxylic acids is 1. The predicted octanol–water partition coefficient (Wildman–Crippen LogP) is 4.65. The molecule has 1 amide bonds. The molecule has 0 saturated carbocycles. The molecule has 0 unspecified atom stereocenters. The zero-order chi connectivity index (χ0) is 22.7. The van der Waals surface area contributed by atoms with Crippen LogP contribution in [0.25, 0.3) is 16.6 Å². The van der Waals surface area contributed by atoms with Crippen LogP contribution in [0.15, 0.2) is 71.5 Å². The summed E-state index contributed by atoms with van der Waals surface area (Å²) in [6.07, 6.45) is 0. The number of amides is 1. The Bertz CT molecular complexity index is 1430. The Balaban J connectivity index is 1.51. The molecule has 0 saturated heterocycles. The molecule has 1 heterocycles. The molecule has 6 nitrogen and oxygen atoms in total. The molecule has 4 aromatic rings. The third-order valence-corrected chi connectivity index (χ3v) is 5.23. The van der Waals surface area contributed by atoms with Crippen molar-refractivity contribution in [2.24, 2.45) is 0 Å². The second-order valence-corrected chi connectivity index (χ2v) is 7.67. The normalized spacial score (nSPS) is 10.8. The summed E-state index contributed by atoms with van der Waals surface area (Å²) in [5, 5.41) is 3.60. The summed E-state index contributed by atoms with van der Waals surface area (Å²) in [4.78, 5) is 28.3. The number of nitrogens with zero attached hydrogens (tertiary/aromatic N) is 1. The molecule has 4 rings (SSSR count). The van der Waals surface area contributed by atoms with Crippen molar-refractivity contribution in [1.29, 1.82) is 0 Å². The Morgan fingerprint density at radius 3 is 2.72 bits per heavy atom. The third-order valence-electron chi connectivity index (χ3n) is 4.71. The van der Waals surface area contributed by atoms with E-state index in [1.165, 1.54) is 36.4 Å². The molecule has 0 fully saturated rings. The highest BCUT2D eigenvalue weighted by Crippen LogP contribution is 2.17. The van der Waals surface area contributed by atoms with Gasteiger partial charge < -0.3 is 15.0 Å². The Kier molecular flexibility index (Phi) is 6.34. The van der Waals surface area contributed by atoms with E-state index >= 15 is 0 Å². The second-order valence-electron chi connectivity index (χ2n) is 6.84. The SMILES string of the molecule is O=C(NCCOc1cccc(Cl)c1)c1ccc2c(=O)n(-c3ccccc3F)c(=S)[nH]c2c1. The van der Waals surface area contributed by atoms with Crippen molar-refractivity contribution in [1.82, 2.24) is 14.9 Å². The summed E-state index contributed by atoms with van der Waals surface area (Å²) in [7, 11) is 0. The molecule has 0 aliphatic rings. The molecule has 0 aliphatic heterocycles. The number of fused-ring (bicyclic) bond motifs is 1. The average molecular weight is 470 g/mol. The van der Waals surface area contributed by atoms with E-state index in [2.05, 4.69) is 10.3 Å². The molecular weight excluding hydrogens is 453 g/mol. The highest BCUT2D eigenvalue weighted by atomic mass is 35.5. The van der Waals surface area contributed by atoms with Crippen LogP contribution >= 0.6 is 23.8 Å². The maximum absolute atomic E-state index is 14.2. The van der Waals surface area contributed by atoms with Crippen LogP contribution in [0, 0.1) is 10.6 Å². The molecule has 1 aromatic heterocycles. The lowest BCUT2D eigenvalue weighted by molar-refractivity contribution is 0.0947. The van der Waals surface area contributed by atoms with E-state index in [4.69, 9.17) is 28.6 Å². The highest BCUT2D eigenvalue weighted by Gasteiger charge is 2.13. The van der Waals surface area contributed by atoms with Crippen LogP contribution in [0.5, 0.6) is 5.75 Å². The van der Waals surface area contributed by atoms with E-state index in [0.717, 1.165) is 4.57 Å². The average Bonchev–Trinajstić information content (AvgIpc) is 2.77. The van der Waals surface area contributed by atoms with Gasteiger partial charge in [-0.2, -0.15) is 0 Å². The van der Waals surface area contributed by atoms with Gasteiger partial charge in [-0.25, -0.2) is 8.96 Å². The molecule has 0 bridgehead atoms. The lowest BCUT2D eigenvalue weighted by Crippen LogP contribution is -2.28. The smallest absolute Gasteiger partial charge is 0.266 e. The quantitative estimate of drug-likeness (QED) is 0.318. The van der Waals surface area contributed by atoms with Gasteiger partial charge in [0.2, 0.25) is 0 Å². The zero-order valence-electron chi connectivity index (χ0n) is 16.6. The van der Waals surface area contributed by atoms with Crippen LogP contribution in [0.2, 0.25) is 5.02 Å². The Hall–Kier alpha value is -3.49. The van der Waals surface area contributed by atoms with Crippen LogP contribution in [-0.4, -0.2) is 28.6 Å². The number of rotatable bonds is 6. The fraction of sp³-hybridized carbons (Fsp3) is 0.0870. The minimum Gasteiger partial charge on any atom is -0.492 e. The lowest BCUT2D eigenvalue weighted by atomic mass is 10.1. The van der Waals surface area contributed by atoms with Gasteiger partial charge in [0.15, 0.2) is 4.77 Å². The molecule has 3 aromatic carbocycles. The molecule has 2 N–H and O–H groups in total. The number of hydrogen-bond donors (Lipinski definition) is 2. The van der Waals surface area contributed by atoms with E-state index in [9.17, 15) is 14.0 Å². The first-order valence-corrected chi connectivity index (χ1v) is 10.4. The fourth-order valence-corrected chi connectivity index (χ4v) is 3.67. The number of aromatic amines is 1. The molecule has 0 spiro atoms. The standard InChI is InChI=1S/C23H17ClFN3O3S/c24-15-4-3-5-16(13-15)31-11-10-26-21(29)14-8-9-17-19(12-14)27-23(32)28(22(17)30)20-7-2-1-6-18(20)25/h1-9,12-13H,10-11H2,(H,26,29)(H,27,32). The van der Waals surface area contributed by atoms with Gasteiger partial charge in [0.1, 0.15) is 18.2 Å². The van der Waals surface area contributed by atoms with Crippen molar-refractivity contribution in [3.05, 3.63) is 98.3 Å². The molecule has 0 radical (unpaired) electrons. The minimum absolute atomic E-state index is 0.0279. The number of aromatic nitrogens is 2. The zero-order valence-corrected chi connectivity index (χ0v) is 18.2. The number of halogens is 2. The van der Waals surface area contributed by atoms with Gasteiger partial charge in [-0.3, -0.25) is 9.59 Å². The molecule has 162 valence electrons. The predicted molar refractivity (Wildman–Crippen MR) is 124 cm³/mol. The number of benzene rings is 3. The number of carbonyl (C=O) groups is 1. The Morgan fingerprint density at radius 2 is 1.94 bits per heavy atom. The van der Waals surface area contributed by atoms with Crippen molar-refractivity contribution >= 4 is 40.6 Å². The molecule has 0 atom stereocenters. The van der Waals surface area contributed by atoms with Crippen LogP contribution in [0.4, 0.5) is 4.39 Å². The first-order chi connectivity index (χ1) is 15.4. The van der Waals surface area contributed by atoms with Crippen LogP contribution < -0.4 is 15.6 Å². The first-order valence-electron chi connectivity index (χ1n) is 9.64. The topological polar surface area (TPSA) is 76.1 Å². The lowest BCUT2D eigenvalue weighted by Gasteiger charge is -2.11. The van der Waals surface area contributed by atoms with E-state index < -0.39 is 11.4 Å². The maximum atomic E-state index is 14.2. The summed E-state index contributed by atoms with van der Waals surface area (Å²) in [5.74, 6) is -0.292. The summed E-state index contributed by atoms with van der Waals surface area (Å²) in [6, 6.07) is 17.4. The van der Waals surface area contributed by atoms with Gasteiger partial charge >= 0.3 is 0 Å². The van der Waals surface area contributed by atoms with Crippen LogP contribution in [0.1, 0.15) is 10.4 Å². The van der Waals surface area contributed by atoms with Gasteiger partial charge in [-0.1, -0.05) is 29.8 Å². The van der Waals surface area contributed by atoms with E-state index in [1.807, 2.05) is 0 Å². The summed E-state index contributed by atoms with van der Waals surface area (Å²) >= 11 is 11.2. The largest absolute Gasteiger partial charge is 0.492 e. The number of nitrogens with one attached hydrogen (secondary N) is 2. The van der Waals surface area contributed by atoms with Crippen molar-refractivity contribution in [3.63, 3.8) is 0 Å². The van der Waals surface area contributed by atoms with Crippen LogP contribution in [0.3, 0.4) is 0 Å². The molecular formula is C23H17ClFN3O3S. The minimum atomic E-state index is -0.565. The van der Waals surface area contributed by atoms with Gasteiger partial charge in [0.25, 0.3) is 11.5 Å². The van der Waals surface area contributed by atoms with Crippen molar-refractivity contribution < 1.29 is 13.9 Å². The number of hydrogen-bond acceptors (Lipinski definition) is 4. The van der Waals surface area contributed by atoms with Crippen molar-refractivity contribution in [3.8, 4) is 11.4 Å². The summed E-state index contributed by atoms with van der Waals surface area (Å²) in [5.41, 5.74) is 0.308.